The summed E-state index contributed by atoms with van der Waals surface area (Å²) in [4.78, 5) is 11.4. The largest absolute Gasteiger partial charge is 0.431 e. The molecule has 4 bridgehead atoms. The summed E-state index contributed by atoms with van der Waals surface area (Å²) in [6.07, 6.45) is 8.67. The second-order valence-corrected chi connectivity index (χ2v) is 7.80. The molecule has 2 nitrogen and oxygen atoms in total. The molecule has 0 heterocycles. The summed E-state index contributed by atoms with van der Waals surface area (Å²) in [5, 5.41) is 0. The van der Waals surface area contributed by atoms with Crippen molar-refractivity contribution < 1.29 is 9.53 Å². The molecule has 0 N–H and O–H groups in total. The number of hydrogen-bond donors (Lipinski definition) is 0. The van der Waals surface area contributed by atoms with Gasteiger partial charge in [0.2, 0.25) is 0 Å². The average molecular weight is 262 g/mol. The lowest BCUT2D eigenvalue weighted by Crippen LogP contribution is -2.40. The van der Waals surface area contributed by atoms with Crippen molar-refractivity contribution in [1.29, 1.82) is 0 Å². The fourth-order valence-corrected chi connectivity index (χ4v) is 5.31. The third kappa shape index (κ3) is 1.95. The highest BCUT2D eigenvalue weighted by atomic mass is 16.5. The lowest BCUT2D eigenvalue weighted by Gasteiger charge is -2.46. The van der Waals surface area contributed by atoms with Gasteiger partial charge >= 0.3 is 5.97 Å². The van der Waals surface area contributed by atoms with E-state index in [1.807, 2.05) is 0 Å². The van der Waals surface area contributed by atoms with E-state index < -0.39 is 0 Å². The van der Waals surface area contributed by atoms with E-state index in [1.54, 1.807) is 0 Å². The summed E-state index contributed by atoms with van der Waals surface area (Å²) in [6, 6.07) is 0. The van der Waals surface area contributed by atoms with Crippen LogP contribution in [-0.4, -0.2) is 5.97 Å². The average Bonchev–Trinajstić information content (AvgIpc) is 2.64. The molecule has 3 aliphatic carbocycles. The van der Waals surface area contributed by atoms with Crippen LogP contribution in [0.1, 0.15) is 59.8 Å². The second kappa shape index (κ2) is 4.10. The van der Waals surface area contributed by atoms with Crippen LogP contribution in [0.2, 0.25) is 0 Å². The van der Waals surface area contributed by atoms with Crippen LogP contribution >= 0.6 is 0 Å². The molecule has 19 heavy (non-hydrogen) atoms. The van der Waals surface area contributed by atoms with Crippen LogP contribution < -0.4 is 0 Å². The van der Waals surface area contributed by atoms with E-state index in [-0.39, 0.29) is 11.4 Å². The van der Waals surface area contributed by atoms with Crippen LogP contribution in [0.25, 0.3) is 0 Å². The topological polar surface area (TPSA) is 26.3 Å². The first-order valence-electron chi connectivity index (χ1n) is 7.75. The molecule has 0 saturated heterocycles. The van der Waals surface area contributed by atoms with Crippen LogP contribution in [0.15, 0.2) is 11.8 Å². The Kier molecular flexibility index (Phi) is 2.85. The zero-order valence-corrected chi connectivity index (χ0v) is 12.7. The summed E-state index contributed by atoms with van der Waals surface area (Å²) in [7, 11) is 0. The first-order valence-corrected chi connectivity index (χ1v) is 7.75. The molecule has 0 amide bonds. The normalized spacial score (nSPS) is 43.4. The molecule has 2 heteroatoms. The molecule has 3 aliphatic rings. The molecular weight excluding hydrogens is 236 g/mol. The highest BCUT2D eigenvalue weighted by Crippen LogP contribution is 2.64. The van der Waals surface area contributed by atoms with Gasteiger partial charge in [-0.3, -0.25) is 4.79 Å². The molecule has 0 aromatic carbocycles. The van der Waals surface area contributed by atoms with Gasteiger partial charge in [0.1, 0.15) is 5.76 Å². The van der Waals surface area contributed by atoms with E-state index in [4.69, 9.17) is 4.74 Å². The molecule has 0 aliphatic heterocycles. The Bertz CT molecular complexity index is 435. The van der Waals surface area contributed by atoms with Crippen LogP contribution in [0.3, 0.4) is 0 Å². The molecule has 0 spiro atoms. The van der Waals surface area contributed by atoms with Crippen LogP contribution in [0.4, 0.5) is 0 Å². The molecule has 0 aromatic rings. The second-order valence-electron chi connectivity index (χ2n) is 7.80. The van der Waals surface area contributed by atoms with Crippen molar-refractivity contribution in [3.05, 3.63) is 11.8 Å². The van der Waals surface area contributed by atoms with E-state index >= 15 is 0 Å². The first kappa shape index (κ1) is 13.2. The van der Waals surface area contributed by atoms with Gasteiger partial charge in [-0.15, -0.1) is 0 Å². The van der Waals surface area contributed by atoms with Gasteiger partial charge in [0, 0.05) is 12.8 Å². The van der Waals surface area contributed by atoms with E-state index in [0.717, 1.165) is 11.7 Å². The van der Waals surface area contributed by atoms with Gasteiger partial charge in [0.05, 0.1) is 0 Å². The van der Waals surface area contributed by atoms with Gasteiger partial charge in [0.15, 0.2) is 0 Å². The molecule has 4 unspecified atom stereocenters. The van der Waals surface area contributed by atoms with Gasteiger partial charge < -0.3 is 4.74 Å². The fraction of sp³-hybridized carbons (Fsp3) is 0.824. The monoisotopic (exact) mass is 262 g/mol. The van der Waals surface area contributed by atoms with Gasteiger partial charge in [-0.05, 0) is 54.4 Å². The molecule has 0 radical (unpaired) electrons. The van der Waals surface area contributed by atoms with E-state index in [9.17, 15) is 4.79 Å². The highest BCUT2D eigenvalue weighted by Gasteiger charge is 2.57. The zero-order valence-electron chi connectivity index (χ0n) is 12.7. The van der Waals surface area contributed by atoms with Crippen molar-refractivity contribution in [1.82, 2.24) is 0 Å². The lowest BCUT2D eigenvalue weighted by atomic mass is 9.59. The van der Waals surface area contributed by atoms with Crippen LogP contribution in [-0.2, 0) is 9.53 Å². The standard InChI is InChI=1S/C17H26O2/c1-11(18)19-14-10-17(4)9-5-8-16(2,3)15-12(14)6-7-13(15)17/h10,12-13,15H,5-9H2,1-4H3. The number of rotatable bonds is 1. The quantitative estimate of drug-likeness (QED) is 0.658. The SMILES string of the molecule is CC(=O)OC1=CC2(C)CCCC(C)(C)C3C1CCC32. The van der Waals surface area contributed by atoms with Crippen molar-refractivity contribution in [3.63, 3.8) is 0 Å². The van der Waals surface area contributed by atoms with Gasteiger partial charge in [-0.2, -0.15) is 0 Å². The van der Waals surface area contributed by atoms with E-state index in [2.05, 4.69) is 26.8 Å². The van der Waals surface area contributed by atoms with Gasteiger partial charge in [-0.1, -0.05) is 27.2 Å². The van der Waals surface area contributed by atoms with Crippen LogP contribution in [0, 0.1) is 28.6 Å². The Morgan fingerprint density at radius 2 is 2.00 bits per heavy atom. The Hall–Kier alpha value is -0.790. The number of hydrogen-bond acceptors (Lipinski definition) is 2. The molecule has 106 valence electrons. The number of allylic oxidation sites excluding steroid dienone is 2. The maximum absolute atomic E-state index is 11.4. The Balaban J connectivity index is 2.05. The van der Waals surface area contributed by atoms with Crippen molar-refractivity contribution in [2.75, 3.05) is 0 Å². The summed E-state index contributed by atoms with van der Waals surface area (Å²) >= 11 is 0. The van der Waals surface area contributed by atoms with Crippen molar-refractivity contribution in [3.8, 4) is 0 Å². The highest BCUT2D eigenvalue weighted by molar-refractivity contribution is 5.67. The van der Waals surface area contributed by atoms with Crippen molar-refractivity contribution >= 4 is 5.97 Å². The fourth-order valence-electron chi connectivity index (χ4n) is 5.31. The minimum atomic E-state index is -0.158. The van der Waals surface area contributed by atoms with E-state index in [0.29, 0.717) is 17.3 Å². The van der Waals surface area contributed by atoms with Crippen molar-refractivity contribution in [2.45, 2.75) is 59.8 Å². The Morgan fingerprint density at radius 3 is 2.68 bits per heavy atom. The first-order chi connectivity index (χ1) is 8.83. The number of ether oxygens (including phenoxy) is 1. The van der Waals surface area contributed by atoms with Crippen LogP contribution in [0.5, 0.6) is 0 Å². The van der Waals surface area contributed by atoms with Gasteiger partial charge in [-0.25, -0.2) is 0 Å². The number of carbonyl (C=O) groups is 1. The molecule has 2 fully saturated rings. The molecule has 2 saturated carbocycles. The Morgan fingerprint density at radius 1 is 1.26 bits per heavy atom. The Labute approximate surface area is 116 Å². The van der Waals surface area contributed by atoms with E-state index in [1.165, 1.54) is 39.0 Å². The number of carbonyl (C=O) groups excluding carboxylic acids is 1. The molecule has 4 atom stereocenters. The molecule has 3 rings (SSSR count). The third-order valence-electron chi connectivity index (χ3n) is 6.04. The smallest absolute Gasteiger partial charge is 0.307 e. The number of esters is 1. The zero-order chi connectivity index (χ0) is 13.8. The summed E-state index contributed by atoms with van der Waals surface area (Å²) in [5.41, 5.74) is 0.624. The predicted molar refractivity (Wildman–Crippen MR) is 75.3 cm³/mol. The predicted octanol–water partition coefficient (Wildman–Crippen LogP) is 4.31. The maximum atomic E-state index is 11.4. The van der Waals surface area contributed by atoms with Crippen molar-refractivity contribution in [2.24, 2.45) is 28.6 Å². The summed E-state index contributed by atoms with van der Waals surface area (Å²) < 4.78 is 5.59. The maximum Gasteiger partial charge on any atom is 0.307 e. The molecule has 0 aromatic heterocycles. The third-order valence-corrected chi connectivity index (χ3v) is 6.04. The minimum Gasteiger partial charge on any atom is -0.431 e. The van der Waals surface area contributed by atoms with Gasteiger partial charge in [0.25, 0.3) is 0 Å². The lowest BCUT2D eigenvalue weighted by molar-refractivity contribution is -0.138. The summed E-state index contributed by atoms with van der Waals surface area (Å²) in [6.45, 7) is 8.76. The minimum absolute atomic E-state index is 0.158. The molecular formula is C17H26O2. The summed E-state index contributed by atoms with van der Waals surface area (Å²) in [5.74, 6) is 2.79.